The number of esters is 1. The fourth-order valence-corrected chi connectivity index (χ4v) is 3.15. The number of thiophene rings is 1. The van der Waals surface area contributed by atoms with Gasteiger partial charge in [-0.15, -0.1) is 11.3 Å². The summed E-state index contributed by atoms with van der Waals surface area (Å²) in [4.78, 5) is 36.2. The summed E-state index contributed by atoms with van der Waals surface area (Å²) in [5.74, 6) is -1.60. The summed E-state index contributed by atoms with van der Waals surface area (Å²) in [6.07, 6.45) is 2.66. The number of ether oxygens (including phenoxy) is 1. The number of carbonyl (C=O) groups excluding carboxylic acids is 3. The van der Waals surface area contributed by atoms with Crippen molar-refractivity contribution in [2.75, 3.05) is 5.32 Å². The number of amides is 2. The van der Waals surface area contributed by atoms with Crippen LogP contribution < -0.4 is 11.1 Å². The van der Waals surface area contributed by atoms with E-state index in [-0.39, 0.29) is 0 Å². The Hall–Kier alpha value is -3.39. The fourth-order valence-electron chi connectivity index (χ4n) is 2.38. The van der Waals surface area contributed by atoms with Crippen LogP contribution in [0.4, 0.5) is 5.69 Å². The molecular weight excluding hydrogens is 366 g/mol. The number of rotatable bonds is 6. The largest absolute Gasteiger partial charge is 0.448 e. The molecule has 0 aliphatic carbocycles. The molecule has 3 N–H and O–H groups in total. The van der Waals surface area contributed by atoms with E-state index in [0.29, 0.717) is 21.8 Å². The highest BCUT2D eigenvalue weighted by Crippen LogP contribution is 2.23. The van der Waals surface area contributed by atoms with Gasteiger partial charge in [-0.1, -0.05) is 0 Å². The predicted molar refractivity (Wildman–Crippen MR) is 102 cm³/mol. The maximum atomic E-state index is 12.5. The normalized spacial score (nSPS) is 11.6. The Morgan fingerprint density at radius 1 is 1.11 bits per heavy atom. The van der Waals surface area contributed by atoms with E-state index in [1.54, 1.807) is 22.1 Å². The molecule has 1 unspecified atom stereocenters. The standard InChI is InChI=1S/C19H17N3O4S/c1-12(18(24)21-14-6-4-13(5-7-14)17(20)23)26-19(25)16-15(8-11-27-16)22-9-2-3-10-22/h2-12H,1H3,(H2,20,23)(H,21,24). The molecule has 1 atom stereocenters. The van der Waals surface area contributed by atoms with E-state index >= 15 is 0 Å². The molecule has 0 saturated heterocycles. The molecule has 138 valence electrons. The molecule has 0 bridgehead atoms. The first-order chi connectivity index (χ1) is 13.0. The molecule has 2 amide bonds. The third-order valence-corrected chi connectivity index (χ3v) is 4.69. The number of nitrogens with zero attached hydrogens (tertiary/aromatic N) is 1. The van der Waals surface area contributed by atoms with Gasteiger partial charge in [0.1, 0.15) is 4.88 Å². The number of hydrogen-bond acceptors (Lipinski definition) is 5. The van der Waals surface area contributed by atoms with Crippen LogP contribution in [0.5, 0.6) is 0 Å². The van der Waals surface area contributed by atoms with Crippen LogP contribution >= 0.6 is 11.3 Å². The summed E-state index contributed by atoms with van der Waals surface area (Å²) in [6, 6.07) is 11.6. The zero-order valence-electron chi connectivity index (χ0n) is 14.4. The van der Waals surface area contributed by atoms with E-state index in [9.17, 15) is 14.4 Å². The van der Waals surface area contributed by atoms with Crippen molar-refractivity contribution in [3.63, 3.8) is 0 Å². The Morgan fingerprint density at radius 2 is 1.78 bits per heavy atom. The van der Waals surface area contributed by atoms with Crippen LogP contribution in [0.15, 0.2) is 60.2 Å². The first kappa shape index (κ1) is 18.4. The summed E-state index contributed by atoms with van der Waals surface area (Å²) in [7, 11) is 0. The van der Waals surface area contributed by atoms with E-state index < -0.39 is 23.9 Å². The lowest BCUT2D eigenvalue weighted by molar-refractivity contribution is -0.123. The third-order valence-electron chi connectivity index (χ3n) is 3.80. The van der Waals surface area contributed by atoms with Crippen molar-refractivity contribution in [2.24, 2.45) is 5.73 Å². The maximum absolute atomic E-state index is 12.5. The second-order valence-corrected chi connectivity index (χ2v) is 6.62. The number of primary amides is 1. The van der Waals surface area contributed by atoms with Gasteiger partial charge >= 0.3 is 5.97 Å². The molecule has 0 aliphatic rings. The topological polar surface area (TPSA) is 103 Å². The second-order valence-electron chi connectivity index (χ2n) is 5.70. The van der Waals surface area contributed by atoms with Crippen molar-refractivity contribution in [2.45, 2.75) is 13.0 Å². The van der Waals surface area contributed by atoms with Crippen LogP contribution in [-0.2, 0) is 9.53 Å². The Kier molecular flexibility index (Phi) is 5.37. The van der Waals surface area contributed by atoms with Gasteiger partial charge in [0.25, 0.3) is 5.91 Å². The van der Waals surface area contributed by atoms with Gasteiger partial charge in [-0.05, 0) is 54.8 Å². The van der Waals surface area contributed by atoms with Crippen LogP contribution in [0.3, 0.4) is 0 Å². The number of aromatic nitrogens is 1. The summed E-state index contributed by atoms with van der Waals surface area (Å²) < 4.78 is 7.11. The summed E-state index contributed by atoms with van der Waals surface area (Å²) in [5.41, 5.74) is 6.68. The molecule has 0 fully saturated rings. The number of nitrogens with two attached hydrogens (primary N) is 1. The molecule has 0 aliphatic heterocycles. The highest BCUT2D eigenvalue weighted by atomic mass is 32.1. The molecule has 8 heteroatoms. The number of nitrogens with one attached hydrogen (secondary N) is 1. The van der Waals surface area contributed by atoms with Crippen LogP contribution in [0, 0.1) is 0 Å². The van der Waals surface area contributed by atoms with Crippen molar-refractivity contribution in [3.8, 4) is 5.69 Å². The third kappa shape index (κ3) is 4.24. The lowest BCUT2D eigenvalue weighted by Gasteiger charge is -2.14. The highest BCUT2D eigenvalue weighted by Gasteiger charge is 2.22. The minimum atomic E-state index is -0.993. The van der Waals surface area contributed by atoms with Crippen LogP contribution in [0.1, 0.15) is 27.0 Å². The monoisotopic (exact) mass is 383 g/mol. The fraction of sp³-hybridized carbons (Fsp3) is 0.105. The van der Waals surface area contributed by atoms with Gasteiger partial charge in [0.05, 0.1) is 5.69 Å². The van der Waals surface area contributed by atoms with Crippen molar-refractivity contribution in [1.29, 1.82) is 0 Å². The van der Waals surface area contributed by atoms with Crippen LogP contribution in [0.2, 0.25) is 0 Å². The molecule has 1 aromatic carbocycles. The molecule has 27 heavy (non-hydrogen) atoms. The second kappa shape index (κ2) is 7.88. The summed E-state index contributed by atoms with van der Waals surface area (Å²) in [6.45, 7) is 1.49. The van der Waals surface area contributed by atoms with E-state index in [1.165, 1.54) is 30.4 Å². The molecule has 0 radical (unpaired) electrons. The van der Waals surface area contributed by atoms with Crippen molar-refractivity contribution >= 4 is 34.8 Å². The summed E-state index contributed by atoms with van der Waals surface area (Å²) >= 11 is 1.25. The quantitative estimate of drug-likeness (QED) is 0.639. The van der Waals surface area contributed by atoms with Crippen molar-refractivity contribution < 1.29 is 19.1 Å². The molecule has 2 heterocycles. The number of carbonyl (C=O) groups is 3. The van der Waals surface area contributed by atoms with Gasteiger partial charge in [-0.3, -0.25) is 9.59 Å². The van der Waals surface area contributed by atoms with Crippen LogP contribution in [0.25, 0.3) is 5.69 Å². The maximum Gasteiger partial charge on any atom is 0.351 e. The average Bonchev–Trinajstić information content (AvgIpc) is 3.33. The Bertz CT molecular complexity index is 961. The lowest BCUT2D eigenvalue weighted by atomic mass is 10.2. The molecule has 0 saturated carbocycles. The molecule has 7 nitrogen and oxygen atoms in total. The Labute approximate surface area is 159 Å². The van der Waals surface area contributed by atoms with E-state index in [0.717, 1.165) is 0 Å². The van der Waals surface area contributed by atoms with E-state index in [4.69, 9.17) is 10.5 Å². The minimum Gasteiger partial charge on any atom is -0.448 e. The number of benzene rings is 1. The minimum absolute atomic E-state index is 0.336. The number of anilines is 1. The smallest absolute Gasteiger partial charge is 0.351 e. The van der Waals surface area contributed by atoms with Gasteiger partial charge in [0, 0.05) is 23.6 Å². The Morgan fingerprint density at radius 3 is 2.41 bits per heavy atom. The lowest BCUT2D eigenvalue weighted by Crippen LogP contribution is -2.30. The van der Waals surface area contributed by atoms with E-state index in [2.05, 4.69) is 5.32 Å². The van der Waals surface area contributed by atoms with Gasteiger partial charge < -0.3 is 20.4 Å². The first-order valence-electron chi connectivity index (χ1n) is 8.08. The predicted octanol–water partition coefficient (Wildman–Crippen LogP) is 2.82. The highest BCUT2D eigenvalue weighted by molar-refractivity contribution is 7.12. The molecule has 2 aromatic heterocycles. The summed E-state index contributed by atoms with van der Waals surface area (Å²) in [5, 5.41) is 4.42. The zero-order valence-corrected chi connectivity index (χ0v) is 15.2. The van der Waals surface area contributed by atoms with Gasteiger partial charge in [-0.2, -0.15) is 0 Å². The van der Waals surface area contributed by atoms with Crippen LogP contribution in [-0.4, -0.2) is 28.5 Å². The molecule has 3 rings (SSSR count). The van der Waals surface area contributed by atoms with Gasteiger partial charge in [-0.25, -0.2) is 4.79 Å². The first-order valence-corrected chi connectivity index (χ1v) is 8.96. The molecular formula is C19H17N3O4S. The zero-order chi connectivity index (χ0) is 19.4. The van der Waals surface area contributed by atoms with Gasteiger partial charge in [0.2, 0.25) is 5.91 Å². The van der Waals surface area contributed by atoms with Gasteiger partial charge in [0.15, 0.2) is 6.10 Å². The molecule has 3 aromatic rings. The SMILES string of the molecule is CC(OC(=O)c1sccc1-n1cccc1)C(=O)Nc1ccc(C(N)=O)cc1. The Balaban J connectivity index is 1.64. The van der Waals surface area contributed by atoms with Crippen molar-refractivity contribution in [1.82, 2.24) is 4.57 Å². The van der Waals surface area contributed by atoms with E-state index in [1.807, 2.05) is 30.6 Å². The molecule has 0 spiro atoms. The number of hydrogen-bond donors (Lipinski definition) is 2. The average molecular weight is 383 g/mol. The van der Waals surface area contributed by atoms with Crippen molar-refractivity contribution in [3.05, 3.63) is 70.7 Å².